The molecule has 1 N–H and O–H groups in total. The Morgan fingerprint density at radius 1 is 0.943 bits per heavy atom. The first-order chi connectivity index (χ1) is 16.6. The first kappa shape index (κ1) is 25.3. The highest BCUT2D eigenvalue weighted by atomic mass is 32.2. The maximum absolute atomic E-state index is 13.7. The average molecular weight is 502 g/mol. The van der Waals surface area contributed by atoms with Gasteiger partial charge in [-0.05, 0) is 80.3 Å². The second-order valence-electron chi connectivity index (χ2n) is 9.68. The summed E-state index contributed by atoms with van der Waals surface area (Å²) in [6, 6.07) is 8.97. The summed E-state index contributed by atoms with van der Waals surface area (Å²) >= 11 is 0. The molecule has 0 atom stereocenters. The molecule has 8 nitrogen and oxygen atoms in total. The molecule has 190 valence electrons. The van der Waals surface area contributed by atoms with E-state index in [4.69, 9.17) is 9.47 Å². The molecule has 2 aromatic rings. The van der Waals surface area contributed by atoms with Crippen molar-refractivity contribution in [3.8, 4) is 11.5 Å². The summed E-state index contributed by atoms with van der Waals surface area (Å²) in [5.74, 6) is 1.32. The molecular weight excluding hydrogens is 466 g/mol. The Bertz CT molecular complexity index is 1220. The van der Waals surface area contributed by atoms with Gasteiger partial charge in [-0.2, -0.15) is 4.31 Å². The Labute approximate surface area is 208 Å². The van der Waals surface area contributed by atoms with Crippen molar-refractivity contribution in [3.63, 3.8) is 0 Å². The molecule has 0 bridgehead atoms. The van der Waals surface area contributed by atoms with E-state index in [1.165, 1.54) is 0 Å². The molecule has 2 aliphatic rings. The number of anilines is 1. The summed E-state index contributed by atoms with van der Waals surface area (Å²) in [5, 5.41) is 2.94. The van der Waals surface area contributed by atoms with Gasteiger partial charge in [-0.1, -0.05) is 12.1 Å². The van der Waals surface area contributed by atoms with E-state index >= 15 is 0 Å². The van der Waals surface area contributed by atoms with Crippen LogP contribution in [0.5, 0.6) is 11.5 Å². The van der Waals surface area contributed by atoms with Crippen molar-refractivity contribution in [3.05, 3.63) is 47.0 Å². The van der Waals surface area contributed by atoms with Gasteiger partial charge in [0.1, 0.15) is 11.5 Å². The van der Waals surface area contributed by atoms with E-state index in [0.717, 1.165) is 30.4 Å². The molecule has 2 aliphatic heterocycles. The Morgan fingerprint density at radius 2 is 1.57 bits per heavy atom. The van der Waals surface area contributed by atoms with Gasteiger partial charge in [-0.15, -0.1) is 0 Å². The van der Waals surface area contributed by atoms with Crippen LogP contribution in [0.15, 0.2) is 35.2 Å². The summed E-state index contributed by atoms with van der Waals surface area (Å²) in [5.41, 5.74) is 2.83. The minimum atomic E-state index is -3.63. The highest BCUT2D eigenvalue weighted by molar-refractivity contribution is 7.89. The van der Waals surface area contributed by atoms with E-state index in [0.29, 0.717) is 53.8 Å². The molecule has 2 fully saturated rings. The fourth-order valence-corrected chi connectivity index (χ4v) is 7.43. The van der Waals surface area contributed by atoms with E-state index < -0.39 is 10.0 Å². The number of methoxy groups -OCH3 is 2. The highest BCUT2D eigenvalue weighted by Gasteiger charge is 2.45. The fourth-order valence-electron chi connectivity index (χ4n) is 5.39. The number of nitrogens with zero attached hydrogens (tertiary/aromatic N) is 2. The SMILES string of the molecule is COc1ccccc1NC(=O)N1CCC2(CC1)CCN(S(=O)(=O)c1c(C)cc(OC)c(C)c1C)C2. The zero-order chi connectivity index (χ0) is 25.4. The molecular formula is C26H35N3O5S. The monoisotopic (exact) mass is 501 g/mol. The molecule has 4 rings (SSSR count). The van der Waals surface area contributed by atoms with Gasteiger partial charge in [0, 0.05) is 26.2 Å². The Morgan fingerprint density at radius 3 is 2.23 bits per heavy atom. The number of ether oxygens (including phenoxy) is 2. The van der Waals surface area contributed by atoms with Crippen molar-refractivity contribution in [2.24, 2.45) is 5.41 Å². The van der Waals surface area contributed by atoms with Crippen LogP contribution in [0.3, 0.4) is 0 Å². The number of carbonyl (C=O) groups is 1. The van der Waals surface area contributed by atoms with Crippen molar-refractivity contribution in [1.29, 1.82) is 0 Å². The summed E-state index contributed by atoms with van der Waals surface area (Å²) in [6.45, 7) is 7.74. The molecule has 0 saturated carbocycles. The predicted octanol–water partition coefficient (Wildman–Crippen LogP) is 4.34. The van der Waals surface area contributed by atoms with E-state index in [-0.39, 0.29) is 11.4 Å². The van der Waals surface area contributed by atoms with E-state index in [9.17, 15) is 13.2 Å². The molecule has 2 saturated heterocycles. The van der Waals surface area contributed by atoms with Gasteiger partial charge in [-0.25, -0.2) is 13.2 Å². The van der Waals surface area contributed by atoms with Gasteiger partial charge in [0.2, 0.25) is 10.0 Å². The number of nitrogens with one attached hydrogen (secondary N) is 1. The van der Waals surface area contributed by atoms with E-state index in [1.54, 1.807) is 29.5 Å². The summed E-state index contributed by atoms with van der Waals surface area (Å²) < 4.78 is 39.8. The lowest BCUT2D eigenvalue weighted by atomic mass is 9.78. The van der Waals surface area contributed by atoms with Crippen molar-refractivity contribution < 1.29 is 22.7 Å². The first-order valence-electron chi connectivity index (χ1n) is 12.0. The number of piperidine rings is 1. The van der Waals surface area contributed by atoms with Crippen LogP contribution >= 0.6 is 0 Å². The van der Waals surface area contributed by atoms with Crippen LogP contribution in [0.4, 0.5) is 10.5 Å². The van der Waals surface area contributed by atoms with E-state index in [2.05, 4.69) is 5.32 Å². The van der Waals surface area contributed by atoms with Crippen LogP contribution in [0.25, 0.3) is 0 Å². The van der Waals surface area contributed by atoms with Crippen LogP contribution in [-0.2, 0) is 10.0 Å². The number of para-hydroxylation sites is 2. The summed E-state index contributed by atoms with van der Waals surface area (Å²) in [6.07, 6.45) is 2.36. The molecule has 0 radical (unpaired) electrons. The van der Waals surface area contributed by atoms with Gasteiger partial charge in [-0.3, -0.25) is 0 Å². The molecule has 0 aliphatic carbocycles. The number of benzene rings is 2. The van der Waals surface area contributed by atoms with Crippen LogP contribution in [-0.4, -0.2) is 64.1 Å². The number of urea groups is 1. The van der Waals surface area contributed by atoms with E-state index in [1.807, 2.05) is 45.0 Å². The van der Waals surface area contributed by atoms with Crippen LogP contribution in [0, 0.1) is 26.2 Å². The van der Waals surface area contributed by atoms with Crippen molar-refractivity contribution in [2.75, 3.05) is 45.7 Å². The molecule has 0 aromatic heterocycles. The first-order valence-corrected chi connectivity index (χ1v) is 13.4. The maximum Gasteiger partial charge on any atom is 0.321 e. The van der Waals surface area contributed by atoms with Gasteiger partial charge < -0.3 is 19.7 Å². The second-order valence-corrected chi connectivity index (χ2v) is 11.6. The number of carbonyl (C=O) groups excluding carboxylic acids is 1. The average Bonchev–Trinajstić information content (AvgIpc) is 3.26. The van der Waals surface area contributed by atoms with Crippen molar-refractivity contribution in [1.82, 2.24) is 9.21 Å². The third-order valence-electron chi connectivity index (χ3n) is 7.66. The minimum Gasteiger partial charge on any atom is -0.496 e. The fraction of sp³-hybridized carbons (Fsp3) is 0.500. The Balaban J connectivity index is 1.44. The lowest BCUT2D eigenvalue weighted by Crippen LogP contribution is -2.46. The minimum absolute atomic E-state index is 0.0996. The molecule has 9 heteroatoms. The maximum atomic E-state index is 13.7. The molecule has 0 unspecified atom stereocenters. The summed E-state index contributed by atoms with van der Waals surface area (Å²) in [4.78, 5) is 15.0. The van der Waals surface area contributed by atoms with Crippen LogP contribution in [0.1, 0.15) is 36.0 Å². The topological polar surface area (TPSA) is 88.2 Å². The smallest absolute Gasteiger partial charge is 0.321 e. The standard InChI is InChI=1S/C26H35N3O5S/c1-18-16-23(34-5)19(2)20(3)24(18)35(31,32)29-15-12-26(17-29)10-13-28(14-11-26)25(30)27-21-8-6-7-9-22(21)33-4/h6-9,16H,10-15,17H2,1-5H3,(H,27,30). The predicted molar refractivity (Wildman–Crippen MR) is 136 cm³/mol. The van der Waals surface area contributed by atoms with Crippen LogP contribution < -0.4 is 14.8 Å². The number of sulfonamides is 1. The zero-order valence-electron chi connectivity index (χ0n) is 21.2. The lowest BCUT2D eigenvalue weighted by molar-refractivity contribution is 0.132. The molecule has 2 aromatic carbocycles. The van der Waals surface area contributed by atoms with Crippen molar-refractivity contribution >= 4 is 21.7 Å². The van der Waals surface area contributed by atoms with Crippen molar-refractivity contribution in [2.45, 2.75) is 44.9 Å². The van der Waals surface area contributed by atoms with Gasteiger partial charge in [0.25, 0.3) is 0 Å². The largest absolute Gasteiger partial charge is 0.496 e. The van der Waals surface area contributed by atoms with Gasteiger partial charge in [0.05, 0.1) is 24.8 Å². The number of amides is 2. The molecule has 1 spiro atoms. The van der Waals surface area contributed by atoms with Gasteiger partial charge in [0.15, 0.2) is 0 Å². The quantitative estimate of drug-likeness (QED) is 0.659. The lowest BCUT2D eigenvalue weighted by Gasteiger charge is -2.39. The van der Waals surface area contributed by atoms with Gasteiger partial charge >= 0.3 is 6.03 Å². The number of rotatable bonds is 5. The van der Waals surface area contributed by atoms with Crippen LogP contribution in [0.2, 0.25) is 0 Å². The number of aryl methyl sites for hydroxylation is 1. The Hall–Kier alpha value is -2.78. The second kappa shape index (κ2) is 9.70. The highest BCUT2D eigenvalue weighted by Crippen LogP contribution is 2.43. The summed E-state index contributed by atoms with van der Waals surface area (Å²) in [7, 11) is -0.455. The molecule has 2 heterocycles. The molecule has 35 heavy (non-hydrogen) atoms. The third-order valence-corrected chi connectivity index (χ3v) is 9.80. The Kier molecular flexibility index (Phi) is 7.02. The molecule has 2 amide bonds. The number of hydrogen-bond acceptors (Lipinski definition) is 5. The zero-order valence-corrected chi connectivity index (χ0v) is 22.0. The normalized spacial score (nSPS) is 18.0. The third kappa shape index (κ3) is 4.71. The number of hydrogen-bond donors (Lipinski definition) is 1. The number of likely N-dealkylation sites (tertiary alicyclic amines) is 1.